The number of carbonyl (C=O) groups is 2. The Morgan fingerprint density at radius 2 is 1.77 bits per heavy atom. The largest absolute Gasteiger partial charge is 0.484 e. The van der Waals surface area contributed by atoms with Crippen LogP contribution >= 0.6 is 0 Å². The molecule has 26 heavy (non-hydrogen) atoms. The van der Waals surface area contributed by atoms with Crippen LogP contribution in [0.5, 0.6) is 5.75 Å². The summed E-state index contributed by atoms with van der Waals surface area (Å²) in [6.07, 6.45) is 5.04. The quantitative estimate of drug-likeness (QED) is 0.864. The second-order valence-electron chi connectivity index (χ2n) is 6.38. The highest BCUT2D eigenvalue weighted by Crippen LogP contribution is 2.18. The summed E-state index contributed by atoms with van der Waals surface area (Å²) in [6.45, 7) is 2.06. The minimum absolute atomic E-state index is 0.0172. The number of likely N-dealkylation sites (tertiary alicyclic amines) is 1. The maximum absolute atomic E-state index is 12.4. The van der Waals surface area contributed by atoms with Gasteiger partial charge in [-0.1, -0.05) is 18.2 Å². The Bertz CT molecular complexity index is 714. The van der Waals surface area contributed by atoms with Crippen molar-refractivity contribution in [2.45, 2.75) is 12.8 Å². The number of nitrogens with zero attached hydrogens (tertiary/aromatic N) is 2. The third kappa shape index (κ3) is 5.05. The van der Waals surface area contributed by atoms with Crippen LogP contribution in [0, 0.1) is 5.92 Å². The van der Waals surface area contributed by atoms with E-state index in [0.717, 1.165) is 12.8 Å². The number of carbonyl (C=O) groups excluding carboxylic acids is 2. The number of hydrogen-bond acceptors (Lipinski definition) is 4. The fourth-order valence-electron chi connectivity index (χ4n) is 2.99. The third-order valence-corrected chi connectivity index (χ3v) is 4.53. The molecule has 0 unspecified atom stereocenters. The number of para-hydroxylation sites is 1. The number of aromatic nitrogens is 1. The predicted molar refractivity (Wildman–Crippen MR) is 97.8 cm³/mol. The van der Waals surface area contributed by atoms with Crippen molar-refractivity contribution >= 4 is 11.8 Å². The molecule has 1 aromatic heterocycles. The molecular formula is C20H23N3O3. The van der Waals surface area contributed by atoms with Crippen LogP contribution in [0.15, 0.2) is 54.9 Å². The first-order valence-electron chi connectivity index (χ1n) is 8.86. The van der Waals surface area contributed by atoms with Crippen molar-refractivity contribution in [1.29, 1.82) is 0 Å². The molecule has 3 rings (SSSR count). The summed E-state index contributed by atoms with van der Waals surface area (Å²) in [7, 11) is 0. The molecule has 0 aliphatic carbocycles. The van der Waals surface area contributed by atoms with Gasteiger partial charge in [-0.15, -0.1) is 0 Å². The van der Waals surface area contributed by atoms with E-state index in [1.807, 2.05) is 35.2 Å². The van der Waals surface area contributed by atoms with Gasteiger partial charge in [-0.3, -0.25) is 14.6 Å². The molecule has 1 N–H and O–H groups in total. The van der Waals surface area contributed by atoms with Gasteiger partial charge in [-0.2, -0.15) is 0 Å². The average molecular weight is 353 g/mol. The Morgan fingerprint density at radius 1 is 1.08 bits per heavy atom. The molecule has 2 aromatic rings. The average Bonchev–Trinajstić information content (AvgIpc) is 2.72. The van der Waals surface area contributed by atoms with Crippen LogP contribution in [-0.2, 0) is 4.79 Å². The van der Waals surface area contributed by atoms with E-state index >= 15 is 0 Å². The first-order chi connectivity index (χ1) is 12.7. The molecule has 6 nitrogen and oxygen atoms in total. The molecule has 2 amide bonds. The molecule has 0 spiro atoms. The van der Waals surface area contributed by atoms with E-state index in [2.05, 4.69) is 10.3 Å². The fraction of sp³-hybridized carbons (Fsp3) is 0.350. The smallest absolute Gasteiger partial charge is 0.257 e. The van der Waals surface area contributed by atoms with E-state index in [-0.39, 0.29) is 18.4 Å². The highest BCUT2D eigenvalue weighted by Gasteiger charge is 2.23. The van der Waals surface area contributed by atoms with Crippen LogP contribution < -0.4 is 10.1 Å². The highest BCUT2D eigenvalue weighted by molar-refractivity contribution is 5.94. The van der Waals surface area contributed by atoms with Gasteiger partial charge in [-0.05, 0) is 43.0 Å². The lowest BCUT2D eigenvalue weighted by atomic mass is 9.96. The zero-order chi connectivity index (χ0) is 18.2. The number of ether oxygens (including phenoxy) is 1. The molecule has 1 aliphatic heterocycles. The van der Waals surface area contributed by atoms with Gasteiger partial charge in [0.1, 0.15) is 5.75 Å². The maximum atomic E-state index is 12.4. The summed E-state index contributed by atoms with van der Waals surface area (Å²) in [5, 5.41) is 2.92. The van der Waals surface area contributed by atoms with Gasteiger partial charge < -0.3 is 15.0 Å². The molecule has 1 aliphatic rings. The second-order valence-corrected chi connectivity index (χ2v) is 6.38. The minimum Gasteiger partial charge on any atom is -0.484 e. The molecule has 1 aromatic carbocycles. The van der Waals surface area contributed by atoms with Crippen molar-refractivity contribution in [1.82, 2.24) is 15.2 Å². The van der Waals surface area contributed by atoms with Crippen molar-refractivity contribution in [3.63, 3.8) is 0 Å². The normalized spacial score (nSPS) is 14.7. The lowest BCUT2D eigenvalue weighted by Gasteiger charge is -2.32. The molecule has 1 fully saturated rings. The number of benzene rings is 1. The number of nitrogens with one attached hydrogen (secondary N) is 1. The summed E-state index contributed by atoms with van der Waals surface area (Å²) in [6, 6.07) is 12.8. The second kappa shape index (κ2) is 8.99. The molecule has 0 saturated carbocycles. The van der Waals surface area contributed by atoms with Gasteiger partial charge in [0, 0.05) is 37.6 Å². The highest BCUT2D eigenvalue weighted by atomic mass is 16.5. The Morgan fingerprint density at radius 3 is 2.46 bits per heavy atom. The Kier molecular flexibility index (Phi) is 6.19. The first kappa shape index (κ1) is 17.9. The fourth-order valence-corrected chi connectivity index (χ4v) is 2.99. The standard InChI is InChI=1S/C20H23N3O3/c24-19(15-26-18-4-2-1-3-5-18)22-14-16-8-12-23(13-9-16)20(25)17-6-10-21-11-7-17/h1-7,10-11,16H,8-9,12-15H2,(H,22,24). The molecule has 1 saturated heterocycles. The predicted octanol–water partition coefficient (Wildman–Crippen LogP) is 2.13. The van der Waals surface area contributed by atoms with Crippen LogP contribution in [0.1, 0.15) is 23.2 Å². The lowest BCUT2D eigenvalue weighted by Crippen LogP contribution is -2.42. The van der Waals surface area contributed by atoms with Gasteiger partial charge in [0.2, 0.25) is 0 Å². The lowest BCUT2D eigenvalue weighted by molar-refractivity contribution is -0.123. The molecule has 0 bridgehead atoms. The molecule has 136 valence electrons. The number of amides is 2. The Hall–Kier alpha value is -2.89. The zero-order valence-electron chi connectivity index (χ0n) is 14.6. The van der Waals surface area contributed by atoms with E-state index in [0.29, 0.717) is 36.9 Å². The van der Waals surface area contributed by atoms with E-state index in [4.69, 9.17) is 4.74 Å². The van der Waals surface area contributed by atoms with E-state index in [1.165, 1.54) is 0 Å². The van der Waals surface area contributed by atoms with Crippen LogP contribution in [0.2, 0.25) is 0 Å². The Labute approximate surface area is 153 Å². The molecular weight excluding hydrogens is 330 g/mol. The van der Waals surface area contributed by atoms with Crippen molar-refractivity contribution in [3.8, 4) is 5.75 Å². The summed E-state index contributed by atoms with van der Waals surface area (Å²) in [5.74, 6) is 0.998. The summed E-state index contributed by atoms with van der Waals surface area (Å²) in [4.78, 5) is 30.1. The van der Waals surface area contributed by atoms with Crippen molar-refractivity contribution in [2.24, 2.45) is 5.92 Å². The number of hydrogen-bond donors (Lipinski definition) is 1. The van der Waals surface area contributed by atoms with Gasteiger partial charge in [0.05, 0.1) is 0 Å². The molecule has 6 heteroatoms. The molecule has 2 heterocycles. The molecule has 0 radical (unpaired) electrons. The van der Waals surface area contributed by atoms with E-state index < -0.39 is 0 Å². The maximum Gasteiger partial charge on any atom is 0.257 e. The topological polar surface area (TPSA) is 71.5 Å². The number of piperidine rings is 1. The zero-order valence-corrected chi connectivity index (χ0v) is 14.6. The van der Waals surface area contributed by atoms with Crippen LogP contribution in [0.4, 0.5) is 0 Å². The van der Waals surface area contributed by atoms with Gasteiger partial charge in [-0.25, -0.2) is 0 Å². The van der Waals surface area contributed by atoms with Crippen LogP contribution in [0.25, 0.3) is 0 Å². The van der Waals surface area contributed by atoms with E-state index in [9.17, 15) is 9.59 Å². The Balaban J connectivity index is 1.36. The first-order valence-corrected chi connectivity index (χ1v) is 8.86. The number of pyridine rings is 1. The minimum atomic E-state index is -0.121. The summed E-state index contributed by atoms with van der Waals surface area (Å²) in [5.41, 5.74) is 0.671. The summed E-state index contributed by atoms with van der Waals surface area (Å²) < 4.78 is 5.44. The van der Waals surface area contributed by atoms with Crippen molar-refractivity contribution < 1.29 is 14.3 Å². The monoisotopic (exact) mass is 353 g/mol. The van der Waals surface area contributed by atoms with Crippen molar-refractivity contribution in [3.05, 3.63) is 60.4 Å². The van der Waals surface area contributed by atoms with Crippen LogP contribution in [0.3, 0.4) is 0 Å². The van der Waals surface area contributed by atoms with Gasteiger partial charge in [0.25, 0.3) is 11.8 Å². The molecule has 0 atom stereocenters. The third-order valence-electron chi connectivity index (χ3n) is 4.53. The summed E-state index contributed by atoms with van der Waals surface area (Å²) >= 11 is 0. The van der Waals surface area contributed by atoms with E-state index in [1.54, 1.807) is 24.5 Å². The van der Waals surface area contributed by atoms with Gasteiger partial charge >= 0.3 is 0 Å². The SMILES string of the molecule is O=C(COc1ccccc1)NCC1CCN(C(=O)c2ccncc2)CC1. The van der Waals surface area contributed by atoms with Crippen molar-refractivity contribution in [2.75, 3.05) is 26.2 Å². The van der Waals surface area contributed by atoms with Gasteiger partial charge in [0.15, 0.2) is 6.61 Å². The van der Waals surface area contributed by atoms with Crippen LogP contribution in [-0.4, -0.2) is 47.9 Å². The number of rotatable bonds is 6.